The number of unbranched alkanes of at least 4 members (excludes halogenated alkanes) is 4. The number of rotatable bonds is 9. The highest BCUT2D eigenvalue weighted by atomic mass is 35.5. The van der Waals surface area contributed by atoms with Crippen molar-refractivity contribution in [1.29, 1.82) is 0 Å². The molecular formula is C14H20ClNO3. The van der Waals surface area contributed by atoms with E-state index in [1.165, 1.54) is 25.3 Å². The first-order chi connectivity index (χ1) is 9.19. The van der Waals surface area contributed by atoms with Crippen LogP contribution in [0.2, 0.25) is 0 Å². The maximum absolute atomic E-state index is 10.9. The van der Waals surface area contributed by atoms with Crippen LogP contribution in [0.4, 0.5) is 5.69 Å². The number of ether oxygens (including phenoxy) is 1. The maximum Gasteiger partial charge on any atom is 0.310 e. The van der Waals surface area contributed by atoms with Gasteiger partial charge in [0.15, 0.2) is 5.75 Å². The zero-order valence-electron chi connectivity index (χ0n) is 11.2. The monoisotopic (exact) mass is 285 g/mol. The normalized spacial score (nSPS) is 10.4. The van der Waals surface area contributed by atoms with Crippen molar-refractivity contribution in [3.63, 3.8) is 0 Å². The lowest BCUT2D eigenvalue weighted by Crippen LogP contribution is -2.01. The Balaban J connectivity index is 2.52. The summed E-state index contributed by atoms with van der Waals surface area (Å²) in [6.45, 7) is 2.67. The topological polar surface area (TPSA) is 52.4 Å². The van der Waals surface area contributed by atoms with Gasteiger partial charge in [-0.15, -0.1) is 11.6 Å². The minimum atomic E-state index is -0.426. The number of hydrogen-bond acceptors (Lipinski definition) is 3. The minimum absolute atomic E-state index is 0.00225. The zero-order chi connectivity index (χ0) is 14.1. The average Bonchev–Trinajstić information content (AvgIpc) is 2.42. The van der Waals surface area contributed by atoms with Crippen LogP contribution in [0.3, 0.4) is 0 Å². The highest BCUT2D eigenvalue weighted by Crippen LogP contribution is 2.28. The Morgan fingerprint density at radius 3 is 2.63 bits per heavy atom. The summed E-state index contributed by atoms with van der Waals surface area (Å²) in [6, 6.07) is 4.75. The lowest BCUT2D eigenvalue weighted by Gasteiger charge is -2.08. The first-order valence-electron chi connectivity index (χ1n) is 6.65. The Morgan fingerprint density at radius 1 is 1.26 bits per heavy atom. The lowest BCUT2D eigenvalue weighted by molar-refractivity contribution is -0.385. The molecule has 0 saturated carbocycles. The van der Waals surface area contributed by atoms with Gasteiger partial charge >= 0.3 is 5.69 Å². The summed E-state index contributed by atoms with van der Waals surface area (Å²) in [4.78, 5) is 10.5. The smallest absolute Gasteiger partial charge is 0.310 e. The molecule has 0 saturated heterocycles. The summed E-state index contributed by atoms with van der Waals surface area (Å²) in [6.07, 6.45) is 5.62. The van der Waals surface area contributed by atoms with Crippen molar-refractivity contribution >= 4 is 17.3 Å². The second kappa shape index (κ2) is 8.75. The SMILES string of the molecule is CCCCCCCOc1cc(CCl)ccc1[N+](=O)[O-]. The third-order valence-electron chi connectivity index (χ3n) is 2.88. The molecule has 4 nitrogen and oxygen atoms in total. The summed E-state index contributed by atoms with van der Waals surface area (Å²) in [5.41, 5.74) is 0.829. The fourth-order valence-corrected chi connectivity index (χ4v) is 1.96. The summed E-state index contributed by atoms with van der Waals surface area (Å²) in [5, 5.41) is 10.9. The van der Waals surface area contributed by atoms with Gasteiger partial charge in [0.05, 0.1) is 11.5 Å². The van der Waals surface area contributed by atoms with E-state index in [-0.39, 0.29) is 5.69 Å². The number of nitro groups is 1. The number of hydrogen-bond donors (Lipinski definition) is 0. The average molecular weight is 286 g/mol. The first-order valence-corrected chi connectivity index (χ1v) is 7.18. The third kappa shape index (κ3) is 5.47. The molecule has 0 fully saturated rings. The van der Waals surface area contributed by atoms with Crippen LogP contribution >= 0.6 is 11.6 Å². The van der Waals surface area contributed by atoms with E-state index in [0.717, 1.165) is 18.4 Å². The van der Waals surface area contributed by atoms with Gasteiger partial charge in [-0.1, -0.05) is 38.7 Å². The number of benzene rings is 1. The third-order valence-corrected chi connectivity index (χ3v) is 3.19. The van der Waals surface area contributed by atoms with Gasteiger partial charge in [-0.3, -0.25) is 10.1 Å². The van der Waals surface area contributed by atoms with Gasteiger partial charge < -0.3 is 4.74 Å². The maximum atomic E-state index is 10.9. The Morgan fingerprint density at radius 2 is 2.00 bits per heavy atom. The predicted octanol–water partition coefficient (Wildman–Crippen LogP) is 4.68. The van der Waals surface area contributed by atoms with E-state index in [0.29, 0.717) is 18.2 Å². The molecule has 1 aromatic carbocycles. The largest absolute Gasteiger partial charge is 0.487 e. The Bertz CT molecular complexity index is 410. The molecule has 0 atom stereocenters. The van der Waals surface area contributed by atoms with Gasteiger partial charge in [0.25, 0.3) is 0 Å². The van der Waals surface area contributed by atoms with Crippen LogP contribution in [0.1, 0.15) is 44.6 Å². The molecule has 0 bridgehead atoms. The second-order valence-corrected chi connectivity index (χ2v) is 4.72. The summed E-state index contributed by atoms with van der Waals surface area (Å²) >= 11 is 5.72. The molecule has 0 aliphatic rings. The zero-order valence-corrected chi connectivity index (χ0v) is 12.0. The molecule has 0 spiro atoms. The van der Waals surface area contributed by atoms with E-state index in [1.807, 2.05) is 0 Å². The van der Waals surface area contributed by atoms with Gasteiger partial charge in [-0.25, -0.2) is 0 Å². The van der Waals surface area contributed by atoms with Gasteiger partial charge in [0, 0.05) is 11.9 Å². The molecule has 0 aromatic heterocycles. The van der Waals surface area contributed by atoms with Crippen LogP contribution in [0.25, 0.3) is 0 Å². The van der Waals surface area contributed by atoms with E-state index in [1.54, 1.807) is 12.1 Å². The molecule has 19 heavy (non-hydrogen) atoms. The molecule has 0 aliphatic carbocycles. The highest BCUT2D eigenvalue weighted by Gasteiger charge is 2.15. The fourth-order valence-electron chi connectivity index (χ4n) is 1.80. The molecule has 1 rings (SSSR count). The van der Waals surface area contributed by atoms with E-state index < -0.39 is 4.92 Å². The molecular weight excluding hydrogens is 266 g/mol. The Labute approximate surface area is 118 Å². The van der Waals surface area contributed by atoms with Crippen LogP contribution < -0.4 is 4.74 Å². The molecule has 0 heterocycles. The van der Waals surface area contributed by atoms with Crippen LogP contribution in [-0.4, -0.2) is 11.5 Å². The molecule has 0 amide bonds. The standard InChI is InChI=1S/C14H20ClNO3/c1-2-3-4-5-6-9-19-14-10-12(11-15)7-8-13(14)16(17)18/h7-8,10H,2-6,9,11H2,1H3. The Hall–Kier alpha value is -1.29. The fraction of sp³-hybridized carbons (Fsp3) is 0.571. The van der Waals surface area contributed by atoms with Crippen LogP contribution in [0.5, 0.6) is 5.75 Å². The molecule has 1 aromatic rings. The summed E-state index contributed by atoms with van der Waals surface area (Å²) in [5.74, 6) is 0.642. The van der Waals surface area contributed by atoms with Crippen LogP contribution in [0.15, 0.2) is 18.2 Å². The van der Waals surface area contributed by atoms with Crippen molar-refractivity contribution in [2.24, 2.45) is 0 Å². The predicted molar refractivity (Wildman–Crippen MR) is 76.9 cm³/mol. The van der Waals surface area contributed by atoms with Crippen molar-refractivity contribution < 1.29 is 9.66 Å². The van der Waals surface area contributed by atoms with Crippen molar-refractivity contribution in [1.82, 2.24) is 0 Å². The van der Waals surface area contributed by atoms with Crippen molar-refractivity contribution in [3.05, 3.63) is 33.9 Å². The number of nitrogens with zero attached hydrogens (tertiary/aromatic N) is 1. The molecule has 5 heteroatoms. The van der Waals surface area contributed by atoms with Crippen molar-refractivity contribution in [2.45, 2.75) is 44.9 Å². The van der Waals surface area contributed by atoms with Crippen LogP contribution in [0, 0.1) is 10.1 Å². The van der Waals surface area contributed by atoms with Gasteiger partial charge in [0.1, 0.15) is 0 Å². The van der Waals surface area contributed by atoms with Crippen LogP contribution in [-0.2, 0) is 5.88 Å². The lowest BCUT2D eigenvalue weighted by atomic mass is 10.2. The molecule has 0 unspecified atom stereocenters. The number of nitro benzene ring substituents is 1. The molecule has 0 radical (unpaired) electrons. The van der Waals surface area contributed by atoms with Crippen molar-refractivity contribution in [3.8, 4) is 5.75 Å². The highest BCUT2D eigenvalue weighted by molar-refractivity contribution is 6.17. The summed E-state index contributed by atoms with van der Waals surface area (Å²) < 4.78 is 5.52. The van der Waals surface area contributed by atoms with Gasteiger partial charge in [0.2, 0.25) is 0 Å². The molecule has 106 valence electrons. The molecule has 0 aliphatic heterocycles. The minimum Gasteiger partial charge on any atom is -0.487 e. The van der Waals surface area contributed by atoms with E-state index >= 15 is 0 Å². The molecule has 0 N–H and O–H groups in total. The van der Waals surface area contributed by atoms with Crippen molar-refractivity contribution in [2.75, 3.05) is 6.61 Å². The number of alkyl halides is 1. The number of halogens is 1. The first kappa shape index (κ1) is 15.8. The van der Waals surface area contributed by atoms with Gasteiger partial charge in [-0.05, 0) is 18.1 Å². The van der Waals surface area contributed by atoms with Gasteiger partial charge in [-0.2, -0.15) is 0 Å². The second-order valence-electron chi connectivity index (χ2n) is 4.46. The summed E-state index contributed by atoms with van der Waals surface area (Å²) in [7, 11) is 0. The Kier molecular flexibility index (Phi) is 7.26. The van der Waals surface area contributed by atoms with E-state index in [2.05, 4.69) is 6.92 Å². The quantitative estimate of drug-likeness (QED) is 0.286. The van der Waals surface area contributed by atoms with E-state index in [9.17, 15) is 10.1 Å². The van der Waals surface area contributed by atoms with E-state index in [4.69, 9.17) is 16.3 Å².